The monoisotopic (exact) mass is 603 g/mol. The summed E-state index contributed by atoms with van der Waals surface area (Å²) in [4.78, 5) is 7.48. The number of sulfonamides is 2. The minimum Gasteiger partial charge on any atom is -0.381 e. The van der Waals surface area contributed by atoms with E-state index in [2.05, 4.69) is 26.6 Å². The van der Waals surface area contributed by atoms with Gasteiger partial charge >= 0.3 is 0 Å². The number of nitrogens with one attached hydrogen (secondary N) is 3. The van der Waals surface area contributed by atoms with Gasteiger partial charge < -0.3 is 10.2 Å². The topological polar surface area (TPSA) is 120 Å². The third-order valence-corrected chi connectivity index (χ3v) is 11.6. The van der Waals surface area contributed by atoms with E-state index >= 15 is 0 Å². The lowest BCUT2D eigenvalue weighted by molar-refractivity contribution is 0.229. The van der Waals surface area contributed by atoms with Gasteiger partial charge in [0, 0.05) is 42.1 Å². The molecule has 226 valence electrons. The number of aryl methyl sites for hydroxylation is 1. The van der Waals surface area contributed by atoms with Crippen molar-refractivity contribution in [3.8, 4) is 0 Å². The molecule has 2 aromatic rings. The quantitative estimate of drug-likeness (QED) is 0.330. The summed E-state index contributed by atoms with van der Waals surface area (Å²) in [6, 6.07) is 6.86. The first-order valence-corrected chi connectivity index (χ1v) is 18.5. The molecule has 0 amide bonds. The highest BCUT2D eigenvalue weighted by atomic mass is 32.2. The Labute approximate surface area is 246 Å². The maximum atomic E-state index is 14.2. The summed E-state index contributed by atoms with van der Waals surface area (Å²) in [5.74, 6) is 0.258. The van der Waals surface area contributed by atoms with Gasteiger partial charge in [-0.1, -0.05) is 26.2 Å². The second-order valence-corrected chi connectivity index (χ2v) is 15.4. The molecule has 0 spiro atoms. The van der Waals surface area contributed by atoms with Gasteiger partial charge in [-0.3, -0.25) is 14.4 Å². The summed E-state index contributed by atoms with van der Waals surface area (Å²) in [5, 5.41) is 3.48. The van der Waals surface area contributed by atoms with E-state index in [4.69, 9.17) is 4.98 Å². The lowest BCUT2D eigenvalue weighted by atomic mass is 9.85. The van der Waals surface area contributed by atoms with Crippen molar-refractivity contribution < 1.29 is 16.8 Å². The number of aromatic nitrogens is 1. The van der Waals surface area contributed by atoms with Gasteiger partial charge in [0.05, 0.1) is 17.1 Å². The summed E-state index contributed by atoms with van der Waals surface area (Å²) in [7, 11) is -7.63. The van der Waals surface area contributed by atoms with Crippen molar-refractivity contribution in [3.05, 3.63) is 41.2 Å². The molecule has 1 aliphatic heterocycles. The van der Waals surface area contributed by atoms with Gasteiger partial charge in [0.25, 0.3) is 10.0 Å². The third-order valence-electron chi connectivity index (χ3n) is 8.91. The average molecular weight is 604 g/mol. The Morgan fingerprint density at radius 1 is 0.854 bits per heavy atom. The van der Waals surface area contributed by atoms with Crippen LogP contribution in [0.4, 0.5) is 17.1 Å². The summed E-state index contributed by atoms with van der Waals surface area (Å²) in [6.45, 7) is 6.61. The van der Waals surface area contributed by atoms with E-state index in [0.29, 0.717) is 17.3 Å². The van der Waals surface area contributed by atoms with Crippen LogP contribution in [0.15, 0.2) is 29.2 Å². The number of fused-ring (bicyclic) bond motifs is 1. The van der Waals surface area contributed by atoms with Gasteiger partial charge in [-0.05, 0) is 94.7 Å². The SMILES string of the molecule is CCN1CCC(Nc2ccc(NS(=O)(=O)CC)cc2S(=O)(=O)Nc2cc(C3CCCCC3)nc3c2CCCC3)CC1. The highest BCUT2D eigenvalue weighted by Crippen LogP contribution is 2.37. The molecule has 2 aliphatic carbocycles. The van der Waals surface area contributed by atoms with Crippen LogP contribution in [0.5, 0.6) is 0 Å². The Kier molecular flexibility index (Phi) is 9.45. The minimum atomic E-state index is -4.06. The lowest BCUT2D eigenvalue weighted by Crippen LogP contribution is -2.39. The number of hydrogen-bond donors (Lipinski definition) is 3. The van der Waals surface area contributed by atoms with Crippen molar-refractivity contribution in [1.82, 2.24) is 9.88 Å². The zero-order valence-electron chi connectivity index (χ0n) is 24.4. The van der Waals surface area contributed by atoms with Crippen LogP contribution in [0, 0.1) is 0 Å². The fourth-order valence-corrected chi connectivity index (χ4v) is 8.33. The maximum absolute atomic E-state index is 14.2. The number of nitrogens with zero attached hydrogens (tertiary/aromatic N) is 2. The molecular formula is C30H45N5O4S2. The van der Waals surface area contributed by atoms with E-state index in [0.717, 1.165) is 88.0 Å². The standard InChI is InChI=1S/C30H45N5O4S2/c1-3-35-18-16-23(17-19-35)31-27-15-14-24(33-40(36,37)4-2)20-30(27)41(38,39)34-29-21-28(22-10-6-5-7-11-22)32-26-13-9-8-12-25(26)29/h14-15,20-23,31,33H,3-13,16-19H2,1-2H3,(H,32,34). The molecule has 9 nitrogen and oxygen atoms in total. The largest absolute Gasteiger partial charge is 0.381 e. The minimum absolute atomic E-state index is 0.0484. The third kappa shape index (κ3) is 7.35. The molecule has 11 heteroatoms. The fraction of sp³-hybridized carbons (Fsp3) is 0.633. The molecule has 2 heterocycles. The molecule has 0 unspecified atom stereocenters. The first kappa shape index (κ1) is 30.1. The predicted molar refractivity (Wildman–Crippen MR) is 166 cm³/mol. The number of benzene rings is 1. The molecule has 0 atom stereocenters. The highest BCUT2D eigenvalue weighted by molar-refractivity contribution is 7.93. The van der Waals surface area contributed by atoms with E-state index in [-0.39, 0.29) is 22.4 Å². The van der Waals surface area contributed by atoms with E-state index in [1.165, 1.54) is 25.3 Å². The van der Waals surface area contributed by atoms with Crippen LogP contribution < -0.4 is 14.8 Å². The van der Waals surface area contributed by atoms with E-state index in [9.17, 15) is 16.8 Å². The summed E-state index contributed by atoms with van der Waals surface area (Å²) < 4.78 is 58.5. The van der Waals surface area contributed by atoms with E-state index in [1.807, 2.05) is 6.07 Å². The molecule has 0 radical (unpaired) electrons. The molecule has 0 bridgehead atoms. The first-order valence-electron chi connectivity index (χ1n) is 15.4. The van der Waals surface area contributed by atoms with Crippen molar-refractivity contribution in [3.63, 3.8) is 0 Å². The van der Waals surface area contributed by atoms with Gasteiger partial charge in [-0.15, -0.1) is 0 Å². The Bertz CT molecular complexity index is 1430. The molecule has 41 heavy (non-hydrogen) atoms. The number of likely N-dealkylation sites (tertiary alicyclic amines) is 1. The van der Waals surface area contributed by atoms with Crippen molar-refractivity contribution >= 4 is 37.1 Å². The summed E-state index contributed by atoms with van der Waals surface area (Å²) in [5.41, 5.74) is 4.34. The second kappa shape index (κ2) is 12.9. The number of pyridine rings is 1. The molecule has 3 aliphatic rings. The number of piperidine rings is 1. The Hall–Kier alpha value is -2.37. The van der Waals surface area contributed by atoms with Gasteiger partial charge in [0.15, 0.2) is 0 Å². The van der Waals surface area contributed by atoms with Crippen LogP contribution in [-0.2, 0) is 32.9 Å². The zero-order chi connectivity index (χ0) is 29.0. The Balaban J connectivity index is 1.50. The van der Waals surface area contributed by atoms with Crippen LogP contribution in [-0.4, -0.2) is 58.1 Å². The zero-order valence-corrected chi connectivity index (χ0v) is 26.0. The maximum Gasteiger partial charge on any atom is 0.264 e. The smallest absolute Gasteiger partial charge is 0.264 e. The number of anilines is 3. The van der Waals surface area contributed by atoms with E-state index < -0.39 is 20.0 Å². The van der Waals surface area contributed by atoms with Crippen LogP contribution in [0.3, 0.4) is 0 Å². The van der Waals surface area contributed by atoms with Crippen LogP contribution in [0.25, 0.3) is 0 Å². The summed E-state index contributed by atoms with van der Waals surface area (Å²) in [6.07, 6.45) is 11.3. The summed E-state index contributed by atoms with van der Waals surface area (Å²) >= 11 is 0. The van der Waals surface area contributed by atoms with Crippen molar-refractivity contribution in [2.24, 2.45) is 0 Å². The highest BCUT2D eigenvalue weighted by Gasteiger charge is 2.28. The molecule has 1 aromatic heterocycles. The van der Waals surface area contributed by atoms with Gasteiger partial charge in [-0.2, -0.15) is 0 Å². The Morgan fingerprint density at radius 2 is 1.59 bits per heavy atom. The molecule has 1 aromatic carbocycles. The molecule has 2 fully saturated rings. The van der Waals surface area contributed by atoms with Crippen LogP contribution in [0.2, 0.25) is 0 Å². The molecule has 3 N–H and O–H groups in total. The molecule has 5 rings (SSSR count). The number of hydrogen-bond acceptors (Lipinski definition) is 7. The lowest BCUT2D eigenvalue weighted by Gasteiger charge is -2.32. The molecular weight excluding hydrogens is 558 g/mol. The van der Waals surface area contributed by atoms with E-state index in [1.54, 1.807) is 19.1 Å². The van der Waals surface area contributed by atoms with Gasteiger partial charge in [-0.25, -0.2) is 16.8 Å². The van der Waals surface area contributed by atoms with Gasteiger partial charge in [0.2, 0.25) is 10.0 Å². The van der Waals surface area contributed by atoms with Crippen LogP contribution in [0.1, 0.15) is 94.5 Å². The Morgan fingerprint density at radius 3 is 2.29 bits per heavy atom. The fourth-order valence-electron chi connectivity index (χ4n) is 6.42. The molecule has 1 saturated heterocycles. The van der Waals surface area contributed by atoms with Crippen molar-refractivity contribution in [2.45, 2.75) is 101 Å². The van der Waals surface area contributed by atoms with Crippen molar-refractivity contribution in [1.29, 1.82) is 0 Å². The first-order chi connectivity index (χ1) is 19.7. The normalized spacial score (nSPS) is 19.5. The number of rotatable bonds is 10. The molecule has 1 saturated carbocycles. The van der Waals surface area contributed by atoms with Crippen LogP contribution >= 0.6 is 0 Å². The van der Waals surface area contributed by atoms with Gasteiger partial charge in [0.1, 0.15) is 4.90 Å². The van der Waals surface area contributed by atoms with Crippen molar-refractivity contribution in [2.75, 3.05) is 40.1 Å². The predicted octanol–water partition coefficient (Wildman–Crippen LogP) is 5.47. The average Bonchev–Trinajstić information content (AvgIpc) is 2.98. The second-order valence-electron chi connectivity index (χ2n) is 11.7.